The molecule has 0 amide bonds. The third-order valence-corrected chi connectivity index (χ3v) is 9.16. The molecule has 0 N–H and O–H groups in total. The van der Waals surface area contributed by atoms with E-state index in [0.717, 1.165) is 61.3 Å². The molecule has 6 heteroatoms. The maximum absolute atomic E-state index is 7.23. The van der Waals surface area contributed by atoms with Crippen molar-refractivity contribution in [1.29, 1.82) is 0 Å². The second-order valence-electron chi connectivity index (χ2n) is 14.5. The summed E-state index contributed by atoms with van der Waals surface area (Å²) < 4.78 is 30.5. The van der Waals surface area contributed by atoms with Gasteiger partial charge in [0.05, 0.1) is 28.1 Å². The zero-order valence-electron chi connectivity index (χ0n) is 33.6. The van der Waals surface area contributed by atoms with E-state index in [2.05, 4.69) is 113 Å². The number of benzene rings is 4. The minimum absolute atomic E-state index is 0. The molecule has 0 atom stereocenters. The molecule has 0 aliphatic heterocycles. The third kappa shape index (κ3) is 6.98. The molecule has 1 radical (unpaired) electrons. The first-order chi connectivity index (χ1) is 25.7. The summed E-state index contributed by atoms with van der Waals surface area (Å²) in [6, 6.07) is 38.3. The Morgan fingerprint density at radius 1 is 0.769 bits per heavy atom. The van der Waals surface area contributed by atoms with Crippen LogP contribution >= 0.6 is 0 Å². The van der Waals surface area contributed by atoms with Gasteiger partial charge < -0.3 is 14.0 Å². The molecule has 0 saturated carbocycles. The number of hydrogen-bond acceptors (Lipinski definition) is 4. The van der Waals surface area contributed by atoms with Crippen molar-refractivity contribution in [2.45, 2.75) is 72.6 Å². The topological polar surface area (TPSA) is 56.7 Å². The van der Waals surface area contributed by atoms with Gasteiger partial charge in [-0.2, -0.15) is 0 Å². The van der Waals surface area contributed by atoms with Gasteiger partial charge in [0.1, 0.15) is 5.58 Å². The molecule has 8 aromatic rings. The maximum atomic E-state index is 7.23. The Balaban J connectivity index is 0.000000254. The molecule has 52 heavy (non-hydrogen) atoms. The van der Waals surface area contributed by atoms with Crippen molar-refractivity contribution >= 4 is 33.0 Å². The second kappa shape index (κ2) is 15.0. The number of pyridine rings is 2. The van der Waals surface area contributed by atoms with Crippen LogP contribution in [0.4, 0.5) is 0 Å². The van der Waals surface area contributed by atoms with Crippen molar-refractivity contribution in [2.24, 2.45) is 0 Å². The first-order valence-corrected chi connectivity index (χ1v) is 17.5. The average molecular weight is 864 g/mol. The summed E-state index contributed by atoms with van der Waals surface area (Å²) in [5.41, 5.74) is 11.0. The van der Waals surface area contributed by atoms with Gasteiger partial charge >= 0.3 is 0 Å². The molecule has 0 bridgehead atoms. The van der Waals surface area contributed by atoms with Crippen LogP contribution in [0.1, 0.15) is 86.8 Å². The largest absolute Gasteiger partial charge is 0.501 e. The van der Waals surface area contributed by atoms with Crippen LogP contribution in [-0.4, -0.2) is 19.5 Å². The number of imidazole rings is 1. The van der Waals surface area contributed by atoms with Gasteiger partial charge in [0.15, 0.2) is 0 Å². The van der Waals surface area contributed by atoms with E-state index in [9.17, 15) is 0 Å². The van der Waals surface area contributed by atoms with Gasteiger partial charge in [-0.1, -0.05) is 108 Å². The minimum Gasteiger partial charge on any atom is -0.501 e. The first-order valence-electron chi connectivity index (χ1n) is 19.0. The van der Waals surface area contributed by atoms with Crippen LogP contribution in [0.25, 0.3) is 61.3 Å². The van der Waals surface area contributed by atoms with Gasteiger partial charge in [-0.3, -0.25) is 9.97 Å². The fourth-order valence-corrected chi connectivity index (χ4v) is 6.68. The summed E-state index contributed by atoms with van der Waals surface area (Å²) in [4.78, 5) is 14.3. The normalized spacial score (nSPS) is 12.8. The number of rotatable bonds is 5. The Labute approximate surface area is 324 Å². The van der Waals surface area contributed by atoms with Crippen LogP contribution in [-0.2, 0) is 25.5 Å². The molecule has 0 fully saturated rings. The molecule has 8 rings (SSSR count). The van der Waals surface area contributed by atoms with Crippen LogP contribution < -0.4 is 0 Å². The molecule has 0 spiro atoms. The van der Waals surface area contributed by atoms with Crippen LogP contribution in [0.2, 0.25) is 0 Å². The molecule has 4 aromatic carbocycles. The average Bonchev–Trinajstić information content (AvgIpc) is 3.73. The fourth-order valence-electron chi connectivity index (χ4n) is 6.68. The Kier molecular flexibility index (Phi) is 9.50. The van der Waals surface area contributed by atoms with E-state index in [4.69, 9.17) is 18.5 Å². The van der Waals surface area contributed by atoms with Crippen LogP contribution in [0, 0.1) is 19.0 Å². The summed E-state index contributed by atoms with van der Waals surface area (Å²) in [5.74, 6) is 1.51. The molecule has 0 saturated heterocycles. The number of para-hydroxylation sites is 2. The van der Waals surface area contributed by atoms with Gasteiger partial charge in [-0.15, -0.1) is 54.1 Å². The predicted octanol–water partition coefficient (Wildman–Crippen LogP) is 12.2. The van der Waals surface area contributed by atoms with Crippen molar-refractivity contribution in [1.82, 2.24) is 19.5 Å². The van der Waals surface area contributed by atoms with Gasteiger partial charge in [-0.25, -0.2) is 0 Å². The number of hydrogen-bond donors (Lipinski definition) is 0. The van der Waals surface area contributed by atoms with E-state index in [1.807, 2.05) is 42.6 Å². The zero-order chi connectivity index (χ0) is 38.4. The van der Waals surface area contributed by atoms with Crippen molar-refractivity contribution < 1.29 is 28.6 Å². The van der Waals surface area contributed by atoms with Crippen molar-refractivity contribution in [2.75, 3.05) is 0 Å². The Bertz CT molecular complexity index is 2560. The van der Waals surface area contributed by atoms with E-state index in [-0.39, 0.29) is 31.1 Å². The summed E-state index contributed by atoms with van der Waals surface area (Å²) in [5, 5.41) is 2.17. The van der Waals surface area contributed by atoms with E-state index in [0.29, 0.717) is 11.8 Å². The van der Waals surface area contributed by atoms with Crippen molar-refractivity contribution in [3.8, 4) is 28.3 Å². The quantitative estimate of drug-likeness (QED) is 0.162. The van der Waals surface area contributed by atoms with E-state index in [1.54, 1.807) is 18.2 Å². The monoisotopic (exact) mass is 864 g/mol. The second-order valence-corrected chi connectivity index (χ2v) is 14.5. The molecule has 4 aromatic heterocycles. The van der Waals surface area contributed by atoms with E-state index in [1.165, 1.54) is 23.0 Å². The van der Waals surface area contributed by atoms with E-state index >= 15 is 0 Å². The SMILES string of the molecule is CC(C)c1cccc(C(C)C)c1-n1c(-c2[c-]ccc3c2oc2ccccc23)nc2c(C(C)(C)C)nccc21.[2H]C([2H])([2H])c1ccc(-c2[c-]cccc2)nc1.[Ir]. The number of furan rings is 1. The number of aromatic nitrogens is 4. The number of fused-ring (bicyclic) bond motifs is 4. The molecule has 5 nitrogen and oxygen atoms in total. The standard InChI is InChI=1S/C34H34N3O.C12H10N.Ir/c1-20(2)22-13-10-14-23(21(3)4)30(22)37-27-18-19-35-32(34(5,6)7)29(27)36-33(37)26-16-11-15-25-24-12-8-9-17-28(24)38-31(25)26;1-10-7-8-12(13-9-10)11-5-3-2-4-6-11;/h8-15,17-21H,1-7H3;2-5,7-9H,1H3;/q2*-1;/i;1D3;. The molecular formula is C46H44IrN4O-2. The molecular weight excluding hydrogens is 817 g/mol. The summed E-state index contributed by atoms with van der Waals surface area (Å²) >= 11 is 0. The number of nitrogens with zero attached hydrogens (tertiary/aromatic N) is 4. The van der Waals surface area contributed by atoms with Gasteiger partial charge in [0, 0.05) is 53.1 Å². The fraction of sp³-hybridized carbons (Fsp3) is 0.239. The minimum atomic E-state index is -2.09. The first kappa shape index (κ1) is 33.0. The molecule has 4 heterocycles. The Morgan fingerprint density at radius 2 is 1.52 bits per heavy atom. The summed E-state index contributed by atoms with van der Waals surface area (Å²) in [6.45, 7) is 13.5. The maximum Gasteiger partial charge on any atom is 0.120 e. The summed E-state index contributed by atoms with van der Waals surface area (Å²) in [6.07, 6.45) is 3.31. The van der Waals surface area contributed by atoms with Gasteiger partial charge in [0.2, 0.25) is 0 Å². The Morgan fingerprint density at radius 3 is 2.17 bits per heavy atom. The number of aryl methyl sites for hydroxylation is 1. The molecule has 0 aliphatic carbocycles. The zero-order valence-corrected chi connectivity index (χ0v) is 33.0. The molecule has 265 valence electrons. The third-order valence-electron chi connectivity index (χ3n) is 9.16. The molecule has 0 unspecified atom stereocenters. The summed E-state index contributed by atoms with van der Waals surface area (Å²) in [7, 11) is 0. The predicted molar refractivity (Wildman–Crippen MR) is 211 cm³/mol. The Hall–Kier alpha value is -4.90. The van der Waals surface area contributed by atoms with Crippen LogP contribution in [0.5, 0.6) is 0 Å². The van der Waals surface area contributed by atoms with Crippen LogP contribution in [0.3, 0.4) is 0 Å². The van der Waals surface area contributed by atoms with Gasteiger partial charge in [-0.05, 0) is 53.2 Å². The smallest absolute Gasteiger partial charge is 0.120 e. The van der Waals surface area contributed by atoms with E-state index < -0.39 is 6.85 Å². The van der Waals surface area contributed by atoms with Crippen molar-refractivity contribution in [3.05, 3.63) is 144 Å². The van der Waals surface area contributed by atoms with Gasteiger partial charge in [0.25, 0.3) is 0 Å². The van der Waals surface area contributed by atoms with Crippen molar-refractivity contribution in [3.63, 3.8) is 0 Å². The molecule has 0 aliphatic rings. The van der Waals surface area contributed by atoms with Crippen LogP contribution in [0.15, 0.2) is 114 Å².